The van der Waals surface area contributed by atoms with E-state index in [0.29, 0.717) is 42.3 Å². The molecule has 34 heavy (non-hydrogen) atoms. The van der Waals surface area contributed by atoms with Crippen molar-refractivity contribution >= 4 is 49.1 Å². The fourth-order valence-corrected chi connectivity index (χ4v) is 6.45. The van der Waals surface area contributed by atoms with Crippen LogP contribution >= 0.6 is 11.3 Å². The van der Waals surface area contributed by atoms with Gasteiger partial charge in [0.1, 0.15) is 0 Å². The van der Waals surface area contributed by atoms with E-state index in [1.807, 2.05) is 16.7 Å². The van der Waals surface area contributed by atoms with E-state index in [1.54, 1.807) is 13.2 Å². The number of hydrogen-bond acceptors (Lipinski definition) is 6. The molecule has 9 nitrogen and oxygen atoms in total. The van der Waals surface area contributed by atoms with Gasteiger partial charge in [0.2, 0.25) is 15.9 Å². The van der Waals surface area contributed by atoms with Crippen molar-refractivity contribution in [2.75, 3.05) is 32.1 Å². The van der Waals surface area contributed by atoms with Crippen LogP contribution in [0.3, 0.4) is 0 Å². The zero-order valence-electron chi connectivity index (χ0n) is 19.0. The van der Waals surface area contributed by atoms with Gasteiger partial charge in [-0.15, -0.1) is 0 Å². The van der Waals surface area contributed by atoms with Crippen molar-refractivity contribution in [3.63, 3.8) is 0 Å². The van der Waals surface area contributed by atoms with Crippen molar-refractivity contribution < 1.29 is 22.7 Å². The zero-order valence-corrected chi connectivity index (χ0v) is 20.6. The lowest BCUT2D eigenvalue weighted by Crippen LogP contribution is -2.27. The second kappa shape index (κ2) is 10.2. The minimum absolute atomic E-state index is 0.168. The molecule has 11 heteroatoms. The molecule has 0 bridgehead atoms. The number of anilines is 1. The molecule has 2 amide bonds. The number of benzene rings is 2. The first-order valence-corrected chi connectivity index (χ1v) is 13.1. The van der Waals surface area contributed by atoms with E-state index in [9.17, 15) is 18.0 Å². The molecule has 180 valence electrons. The Morgan fingerprint density at radius 3 is 2.47 bits per heavy atom. The number of amides is 2. The van der Waals surface area contributed by atoms with Gasteiger partial charge in [-0.25, -0.2) is 8.42 Å². The minimum Gasteiger partial charge on any atom is -0.383 e. The van der Waals surface area contributed by atoms with E-state index in [1.165, 1.54) is 46.8 Å². The van der Waals surface area contributed by atoms with Gasteiger partial charge >= 0.3 is 0 Å². The Bertz CT molecular complexity index is 1380. The summed E-state index contributed by atoms with van der Waals surface area (Å²) in [6, 6.07) is 11.4. The molecule has 2 aromatic carbocycles. The lowest BCUT2D eigenvalue weighted by molar-refractivity contribution is -0.114. The van der Waals surface area contributed by atoms with Crippen LogP contribution in [0.15, 0.2) is 52.4 Å². The van der Waals surface area contributed by atoms with Gasteiger partial charge in [0.15, 0.2) is 4.80 Å². The first kappa shape index (κ1) is 24.3. The number of ether oxygens (including phenoxy) is 1. The van der Waals surface area contributed by atoms with E-state index in [0.717, 1.165) is 23.1 Å². The van der Waals surface area contributed by atoms with Crippen LogP contribution in [-0.2, 0) is 26.1 Å². The number of carbonyl (C=O) groups excluding carboxylic acids is 2. The van der Waals surface area contributed by atoms with Crippen molar-refractivity contribution in [2.24, 2.45) is 4.99 Å². The smallest absolute Gasteiger partial charge is 0.279 e. The van der Waals surface area contributed by atoms with Gasteiger partial charge in [-0.2, -0.15) is 9.30 Å². The van der Waals surface area contributed by atoms with Crippen molar-refractivity contribution in [3.8, 4) is 0 Å². The van der Waals surface area contributed by atoms with Gasteiger partial charge in [0, 0.05) is 44.9 Å². The highest BCUT2D eigenvalue weighted by Crippen LogP contribution is 2.23. The predicted octanol–water partition coefficient (Wildman–Crippen LogP) is 2.83. The molecule has 0 spiro atoms. The molecular weight excluding hydrogens is 476 g/mol. The Labute approximate surface area is 201 Å². The fourth-order valence-electron chi connectivity index (χ4n) is 3.84. The maximum atomic E-state index is 12.9. The Kier molecular flexibility index (Phi) is 7.27. The Morgan fingerprint density at radius 2 is 1.82 bits per heavy atom. The normalized spacial score (nSPS) is 15.2. The molecule has 0 radical (unpaired) electrons. The van der Waals surface area contributed by atoms with Crippen LogP contribution in [0.25, 0.3) is 10.2 Å². The Hall–Kier alpha value is -2.86. The van der Waals surface area contributed by atoms with Gasteiger partial charge in [0.25, 0.3) is 5.91 Å². The van der Waals surface area contributed by atoms with Crippen LogP contribution < -0.4 is 10.1 Å². The largest absolute Gasteiger partial charge is 0.383 e. The number of hydrogen-bond donors (Lipinski definition) is 1. The van der Waals surface area contributed by atoms with Gasteiger partial charge in [-0.3, -0.25) is 9.59 Å². The second-order valence-corrected chi connectivity index (χ2v) is 10.9. The van der Waals surface area contributed by atoms with Gasteiger partial charge < -0.3 is 14.6 Å². The molecule has 1 N–H and O–H groups in total. The number of sulfonamides is 1. The molecule has 1 fully saturated rings. The molecule has 1 aromatic heterocycles. The monoisotopic (exact) mass is 502 g/mol. The lowest BCUT2D eigenvalue weighted by Gasteiger charge is -2.15. The van der Waals surface area contributed by atoms with Crippen LogP contribution in [-0.4, -0.2) is 55.9 Å². The lowest BCUT2D eigenvalue weighted by atomic mass is 10.2. The van der Waals surface area contributed by atoms with Gasteiger partial charge in [0.05, 0.1) is 21.7 Å². The third-order valence-corrected chi connectivity index (χ3v) is 8.48. The van der Waals surface area contributed by atoms with Gasteiger partial charge in [-0.05, 0) is 55.3 Å². The van der Waals surface area contributed by atoms with Crippen molar-refractivity contribution in [1.29, 1.82) is 0 Å². The van der Waals surface area contributed by atoms with Crippen LogP contribution in [0.2, 0.25) is 0 Å². The first-order chi connectivity index (χ1) is 16.3. The zero-order chi connectivity index (χ0) is 24.3. The van der Waals surface area contributed by atoms with E-state index < -0.39 is 15.9 Å². The van der Waals surface area contributed by atoms with Crippen LogP contribution in [0.5, 0.6) is 0 Å². The number of fused-ring (bicyclic) bond motifs is 1. The van der Waals surface area contributed by atoms with Crippen molar-refractivity contribution in [2.45, 2.75) is 31.2 Å². The first-order valence-electron chi connectivity index (χ1n) is 10.9. The summed E-state index contributed by atoms with van der Waals surface area (Å²) >= 11 is 1.33. The number of carbonyl (C=O) groups is 2. The average Bonchev–Trinajstić information content (AvgIpc) is 3.46. The number of nitrogens with one attached hydrogen (secondary N) is 1. The summed E-state index contributed by atoms with van der Waals surface area (Å²) < 4.78 is 34.9. The maximum absolute atomic E-state index is 12.9. The molecule has 3 aromatic rings. The standard InChI is InChI=1S/C23H26N4O5S2/c1-16(28)24-18-7-10-20-21(15-18)33-23(27(20)13-14-32-2)25-22(29)17-5-8-19(9-6-17)34(30,31)26-11-3-4-12-26/h5-10,15H,3-4,11-14H2,1-2H3,(H,24,28). The van der Waals surface area contributed by atoms with E-state index in [-0.39, 0.29) is 10.8 Å². The Balaban J connectivity index is 1.66. The van der Waals surface area contributed by atoms with Gasteiger partial charge in [-0.1, -0.05) is 11.3 Å². The SMILES string of the molecule is COCCn1c(=NC(=O)c2ccc(S(=O)(=O)N3CCCC3)cc2)sc2cc(NC(C)=O)ccc21. The Morgan fingerprint density at radius 1 is 1.12 bits per heavy atom. The van der Waals surface area contributed by atoms with Crippen LogP contribution in [0, 0.1) is 0 Å². The maximum Gasteiger partial charge on any atom is 0.279 e. The minimum atomic E-state index is -3.54. The molecule has 4 rings (SSSR count). The number of rotatable bonds is 7. The predicted molar refractivity (Wildman–Crippen MR) is 130 cm³/mol. The quantitative estimate of drug-likeness (QED) is 0.534. The molecule has 0 unspecified atom stereocenters. The number of aromatic nitrogens is 1. The number of methoxy groups -OCH3 is 1. The molecular formula is C23H26N4O5S2. The summed E-state index contributed by atoms with van der Waals surface area (Å²) in [4.78, 5) is 29.3. The van der Waals surface area contributed by atoms with Crippen LogP contribution in [0.1, 0.15) is 30.1 Å². The molecule has 1 saturated heterocycles. The average molecular weight is 503 g/mol. The molecule has 1 aliphatic heterocycles. The fraction of sp³-hybridized carbons (Fsp3) is 0.348. The van der Waals surface area contributed by atoms with Crippen molar-refractivity contribution in [1.82, 2.24) is 8.87 Å². The van der Waals surface area contributed by atoms with Crippen molar-refractivity contribution in [3.05, 3.63) is 52.8 Å². The summed E-state index contributed by atoms with van der Waals surface area (Å²) in [6.45, 7) is 3.42. The second-order valence-electron chi connectivity index (χ2n) is 7.95. The highest BCUT2D eigenvalue weighted by Gasteiger charge is 2.27. The summed E-state index contributed by atoms with van der Waals surface area (Å²) in [5, 5.41) is 2.76. The van der Waals surface area contributed by atoms with E-state index in [4.69, 9.17) is 4.74 Å². The van der Waals surface area contributed by atoms with E-state index in [2.05, 4.69) is 10.3 Å². The summed E-state index contributed by atoms with van der Waals surface area (Å²) in [5.41, 5.74) is 1.83. The number of thiazole rings is 1. The molecule has 1 aliphatic rings. The highest BCUT2D eigenvalue weighted by atomic mass is 32.2. The third-order valence-electron chi connectivity index (χ3n) is 5.52. The summed E-state index contributed by atoms with van der Waals surface area (Å²) in [7, 11) is -1.94. The highest BCUT2D eigenvalue weighted by molar-refractivity contribution is 7.89. The summed E-state index contributed by atoms with van der Waals surface area (Å²) in [6.07, 6.45) is 1.72. The third kappa shape index (κ3) is 5.12. The molecule has 0 atom stereocenters. The number of nitrogens with zero attached hydrogens (tertiary/aromatic N) is 3. The molecule has 0 aliphatic carbocycles. The summed E-state index contributed by atoms with van der Waals surface area (Å²) in [5.74, 6) is -0.636. The molecule has 2 heterocycles. The topological polar surface area (TPSA) is 110 Å². The van der Waals surface area contributed by atoms with Crippen LogP contribution in [0.4, 0.5) is 5.69 Å². The molecule has 0 saturated carbocycles. The van der Waals surface area contributed by atoms with E-state index >= 15 is 0 Å².